The van der Waals surface area contributed by atoms with Crippen LogP contribution in [-0.4, -0.2) is 44.8 Å². The van der Waals surface area contributed by atoms with E-state index in [0.717, 1.165) is 0 Å². The molecule has 64 valence electrons. The Labute approximate surface area is 64.4 Å². The summed E-state index contributed by atoms with van der Waals surface area (Å²) in [4.78, 5) is 0. The predicted molar refractivity (Wildman–Crippen MR) is 37.8 cm³/mol. The molecule has 11 heavy (non-hydrogen) atoms. The van der Waals surface area contributed by atoms with Gasteiger partial charge in [0.05, 0.1) is 0 Å². The van der Waals surface area contributed by atoms with Crippen LogP contribution in [0.1, 0.15) is 6.92 Å². The van der Waals surface area contributed by atoms with Crippen LogP contribution in [0.3, 0.4) is 0 Å². The molecule has 0 unspecified atom stereocenters. The molecule has 0 saturated carbocycles. The number of aliphatic hydroxyl groups excluding tert-OH is 4. The lowest BCUT2D eigenvalue weighted by molar-refractivity contribution is -0.0924. The highest BCUT2D eigenvalue weighted by Gasteiger charge is 2.34. The maximum Gasteiger partial charge on any atom is 0.112 e. The van der Waals surface area contributed by atoms with Gasteiger partial charge in [-0.3, -0.25) is 0 Å². The van der Waals surface area contributed by atoms with E-state index in [0.29, 0.717) is 5.57 Å². The van der Waals surface area contributed by atoms with Gasteiger partial charge in [0.25, 0.3) is 0 Å². The van der Waals surface area contributed by atoms with E-state index in [2.05, 4.69) is 0 Å². The van der Waals surface area contributed by atoms with Crippen LogP contribution in [0.4, 0.5) is 0 Å². The molecular weight excluding hydrogens is 148 g/mol. The number of rotatable bonds is 0. The third kappa shape index (κ3) is 1.44. The van der Waals surface area contributed by atoms with Crippen LogP contribution in [0.15, 0.2) is 11.6 Å². The van der Waals surface area contributed by atoms with E-state index in [4.69, 9.17) is 20.4 Å². The summed E-state index contributed by atoms with van der Waals surface area (Å²) in [5.41, 5.74) is 0.482. The van der Waals surface area contributed by atoms with Gasteiger partial charge in [-0.25, -0.2) is 0 Å². The van der Waals surface area contributed by atoms with Crippen LogP contribution < -0.4 is 0 Å². The van der Waals surface area contributed by atoms with E-state index in [9.17, 15) is 0 Å². The van der Waals surface area contributed by atoms with Gasteiger partial charge < -0.3 is 20.4 Å². The van der Waals surface area contributed by atoms with Crippen molar-refractivity contribution in [3.05, 3.63) is 11.6 Å². The Morgan fingerprint density at radius 2 is 1.64 bits per heavy atom. The molecule has 0 amide bonds. The van der Waals surface area contributed by atoms with E-state index in [1.165, 1.54) is 6.08 Å². The van der Waals surface area contributed by atoms with Crippen molar-refractivity contribution in [3.63, 3.8) is 0 Å². The van der Waals surface area contributed by atoms with E-state index < -0.39 is 24.4 Å². The zero-order valence-electron chi connectivity index (χ0n) is 6.18. The Balaban J connectivity index is 2.83. The van der Waals surface area contributed by atoms with E-state index in [1.54, 1.807) is 6.92 Å². The van der Waals surface area contributed by atoms with Crippen LogP contribution >= 0.6 is 0 Å². The minimum Gasteiger partial charge on any atom is -0.387 e. The molecular formula is C7H12O4. The number of aliphatic hydroxyl groups is 4. The fraction of sp³-hybridized carbons (Fsp3) is 0.714. The zero-order valence-corrected chi connectivity index (χ0v) is 6.18. The quantitative estimate of drug-likeness (QED) is 0.321. The molecule has 4 heteroatoms. The van der Waals surface area contributed by atoms with Gasteiger partial charge in [-0.15, -0.1) is 0 Å². The van der Waals surface area contributed by atoms with Crippen LogP contribution in [0.5, 0.6) is 0 Å². The SMILES string of the molecule is CC1=C[C@@H](O)[C@H](O)[C@@H](O)[C@@H]1O. The molecule has 0 radical (unpaired) electrons. The number of hydrogen-bond donors (Lipinski definition) is 4. The highest BCUT2D eigenvalue weighted by atomic mass is 16.4. The smallest absolute Gasteiger partial charge is 0.112 e. The standard InChI is InChI=1S/C7H12O4/c1-3-2-4(8)6(10)7(11)5(3)9/h2,4-11H,1H3/t4-,5-,6+,7+/m1/s1. The van der Waals surface area contributed by atoms with Crippen molar-refractivity contribution in [2.24, 2.45) is 0 Å². The maximum atomic E-state index is 9.14. The molecule has 0 aromatic heterocycles. The zero-order chi connectivity index (χ0) is 8.59. The maximum absolute atomic E-state index is 9.14. The lowest BCUT2D eigenvalue weighted by Gasteiger charge is -2.30. The van der Waals surface area contributed by atoms with Crippen molar-refractivity contribution in [3.8, 4) is 0 Å². The van der Waals surface area contributed by atoms with E-state index in [1.807, 2.05) is 0 Å². The summed E-state index contributed by atoms with van der Waals surface area (Å²) >= 11 is 0. The first-order chi connectivity index (χ1) is 5.04. The highest BCUT2D eigenvalue weighted by molar-refractivity contribution is 5.17. The molecule has 1 aliphatic carbocycles. The van der Waals surface area contributed by atoms with Gasteiger partial charge in [-0.2, -0.15) is 0 Å². The van der Waals surface area contributed by atoms with Crippen molar-refractivity contribution in [2.75, 3.05) is 0 Å². The third-order valence-corrected chi connectivity index (χ3v) is 1.92. The van der Waals surface area contributed by atoms with Gasteiger partial charge in [0.1, 0.15) is 24.4 Å². The predicted octanol–water partition coefficient (Wildman–Crippen LogP) is -1.61. The molecule has 0 aliphatic heterocycles. The lowest BCUT2D eigenvalue weighted by atomic mass is 9.91. The average molecular weight is 160 g/mol. The van der Waals surface area contributed by atoms with E-state index >= 15 is 0 Å². The molecule has 0 bridgehead atoms. The summed E-state index contributed by atoms with van der Waals surface area (Å²) in [6.07, 6.45) is -3.37. The second kappa shape index (κ2) is 2.91. The van der Waals surface area contributed by atoms with Crippen molar-refractivity contribution in [2.45, 2.75) is 31.3 Å². The summed E-state index contributed by atoms with van der Waals surface area (Å²) in [7, 11) is 0. The second-order valence-electron chi connectivity index (χ2n) is 2.83. The second-order valence-corrected chi connectivity index (χ2v) is 2.83. The molecule has 1 aliphatic rings. The first-order valence-corrected chi connectivity index (χ1v) is 3.44. The average Bonchev–Trinajstić information content (AvgIpc) is 1.97. The minimum atomic E-state index is -1.28. The summed E-state index contributed by atoms with van der Waals surface area (Å²) in [6.45, 7) is 1.59. The van der Waals surface area contributed by atoms with Crippen LogP contribution in [0.25, 0.3) is 0 Å². The van der Waals surface area contributed by atoms with Crippen LogP contribution in [0, 0.1) is 0 Å². The Morgan fingerprint density at radius 1 is 1.09 bits per heavy atom. The summed E-state index contributed by atoms with van der Waals surface area (Å²) in [6, 6.07) is 0. The third-order valence-electron chi connectivity index (χ3n) is 1.92. The molecule has 0 spiro atoms. The first kappa shape index (κ1) is 8.67. The summed E-state index contributed by atoms with van der Waals surface area (Å²) in [5, 5.41) is 36.3. The summed E-state index contributed by atoms with van der Waals surface area (Å²) in [5.74, 6) is 0. The van der Waals surface area contributed by atoms with Gasteiger partial charge in [-0.1, -0.05) is 6.08 Å². The molecule has 4 atom stereocenters. The molecule has 4 nitrogen and oxygen atoms in total. The Hall–Kier alpha value is -0.420. The van der Waals surface area contributed by atoms with Crippen molar-refractivity contribution in [1.82, 2.24) is 0 Å². The Bertz CT molecular complexity index is 177. The molecule has 0 heterocycles. The molecule has 0 aromatic rings. The molecule has 0 aromatic carbocycles. The minimum absolute atomic E-state index is 0.482. The fourth-order valence-corrected chi connectivity index (χ4v) is 1.12. The van der Waals surface area contributed by atoms with Gasteiger partial charge in [0.2, 0.25) is 0 Å². The Morgan fingerprint density at radius 3 is 2.18 bits per heavy atom. The number of hydrogen-bond acceptors (Lipinski definition) is 4. The molecule has 4 N–H and O–H groups in total. The monoisotopic (exact) mass is 160 g/mol. The largest absolute Gasteiger partial charge is 0.387 e. The van der Waals surface area contributed by atoms with Crippen molar-refractivity contribution >= 4 is 0 Å². The van der Waals surface area contributed by atoms with E-state index in [-0.39, 0.29) is 0 Å². The Kier molecular flexibility index (Phi) is 2.29. The van der Waals surface area contributed by atoms with Crippen LogP contribution in [-0.2, 0) is 0 Å². The normalized spacial score (nSPS) is 45.4. The van der Waals surface area contributed by atoms with Gasteiger partial charge in [0, 0.05) is 0 Å². The van der Waals surface area contributed by atoms with Crippen LogP contribution in [0.2, 0.25) is 0 Å². The topological polar surface area (TPSA) is 80.9 Å². The first-order valence-electron chi connectivity index (χ1n) is 3.44. The summed E-state index contributed by atoms with van der Waals surface area (Å²) < 4.78 is 0. The van der Waals surface area contributed by atoms with Gasteiger partial charge >= 0.3 is 0 Å². The lowest BCUT2D eigenvalue weighted by Crippen LogP contribution is -2.47. The molecule has 1 rings (SSSR count). The highest BCUT2D eigenvalue weighted by Crippen LogP contribution is 2.19. The van der Waals surface area contributed by atoms with Gasteiger partial charge in [-0.05, 0) is 12.5 Å². The van der Waals surface area contributed by atoms with Gasteiger partial charge in [0.15, 0.2) is 0 Å². The fourth-order valence-electron chi connectivity index (χ4n) is 1.12. The van der Waals surface area contributed by atoms with Crippen molar-refractivity contribution in [1.29, 1.82) is 0 Å². The molecule has 0 fully saturated rings. The molecule has 0 saturated heterocycles. The van der Waals surface area contributed by atoms with Crippen molar-refractivity contribution < 1.29 is 20.4 Å².